The zero-order chi connectivity index (χ0) is 18.8. The Hall–Kier alpha value is -3.17. The van der Waals surface area contributed by atoms with Gasteiger partial charge in [-0.2, -0.15) is 13.2 Å². The van der Waals surface area contributed by atoms with Gasteiger partial charge >= 0.3 is 6.18 Å². The second-order valence-corrected chi connectivity index (χ2v) is 5.11. The summed E-state index contributed by atoms with van der Waals surface area (Å²) in [6.07, 6.45) is -4.56. The molecule has 2 rings (SSSR count). The Balaban J connectivity index is 2.23. The number of nitrogens with zero attached hydrogens (tertiary/aromatic N) is 2. The Kier molecular flexibility index (Phi) is 4.91. The van der Waals surface area contributed by atoms with Crippen LogP contribution in [0.4, 0.5) is 24.5 Å². The van der Waals surface area contributed by atoms with Crippen LogP contribution in [0, 0.1) is 17.0 Å². The van der Waals surface area contributed by atoms with Gasteiger partial charge in [-0.3, -0.25) is 24.3 Å². The van der Waals surface area contributed by atoms with Crippen LogP contribution in [-0.4, -0.2) is 15.4 Å². The minimum absolute atomic E-state index is 0.0308. The van der Waals surface area contributed by atoms with Gasteiger partial charge in [-0.25, -0.2) is 0 Å². The highest BCUT2D eigenvalue weighted by Crippen LogP contribution is 2.30. The van der Waals surface area contributed by atoms with E-state index in [0.29, 0.717) is 0 Å². The van der Waals surface area contributed by atoms with Gasteiger partial charge in [-0.15, -0.1) is 0 Å². The Labute approximate surface area is 138 Å². The SMILES string of the molecule is Cc1c([N+](=O)[O-])ccc(=O)n1CC(=O)Nc1cccc(C(F)(F)F)c1. The van der Waals surface area contributed by atoms with E-state index in [1.54, 1.807) is 0 Å². The third-order valence-electron chi connectivity index (χ3n) is 3.40. The Morgan fingerprint density at radius 2 is 1.96 bits per heavy atom. The van der Waals surface area contributed by atoms with Gasteiger partial charge in [0.2, 0.25) is 5.91 Å². The third-order valence-corrected chi connectivity index (χ3v) is 3.40. The number of carbonyl (C=O) groups is 1. The maximum Gasteiger partial charge on any atom is 0.416 e. The first kappa shape index (κ1) is 18.2. The quantitative estimate of drug-likeness (QED) is 0.674. The summed E-state index contributed by atoms with van der Waals surface area (Å²) in [5.74, 6) is -0.787. The van der Waals surface area contributed by atoms with Crippen LogP contribution >= 0.6 is 0 Å². The van der Waals surface area contributed by atoms with Crippen molar-refractivity contribution in [2.24, 2.45) is 0 Å². The topological polar surface area (TPSA) is 94.2 Å². The number of pyridine rings is 1. The summed E-state index contributed by atoms with van der Waals surface area (Å²) >= 11 is 0. The van der Waals surface area contributed by atoms with Crippen molar-refractivity contribution in [2.45, 2.75) is 19.6 Å². The summed E-state index contributed by atoms with van der Waals surface area (Å²) in [7, 11) is 0. The lowest BCUT2D eigenvalue weighted by Crippen LogP contribution is -2.29. The number of nitro groups is 1. The number of aromatic nitrogens is 1. The maximum atomic E-state index is 12.7. The van der Waals surface area contributed by atoms with Crippen molar-refractivity contribution in [1.29, 1.82) is 0 Å². The molecule has 0 atom stereocenters. The van der Waals surface area contributed by atoms with Gasteiger partial charge < -0.3 is 5.32 Å². The molecule has 25 heavy (non-hydrogen) atoms. The van der Waals surface area contributed by atoms with Gasteiger partial charge in [-0.1, -0.05) is 6.07 Å². The minimum atomic E-state index is -4.56. The third kappa shape index (κ3) is 4.22. The van der Waals surface area contributed by atoms with Crippen LogP contribution in [0.2, 0.25) is 0 Å². The predicted octanol–water partition coefficient (Wildman–Crippen LogP) is 2.72. The lowest BCUT2D eigenvalue weighted by Gasteiger charge is -2.12. The van der Waals surface area contributed by atoms with Crippen LogP contribution in [0.1, 0.15) is 11.3 Å². The first-order valence-corrected chi connectivity index (χ1v) is 6.91. The number of hydrogen-bond donors (Lipinski definition) is 1. The molecule has 0 saturated heterocycles. The van der Waals surface area contributed by atoms with Gasteiger partial charge in [0, 0.05) is 17.8 Å². The number of alkyl halides is 3. The molecule has 1 N–H and O–H groups in total. The average Bonchev–Trinajstić information content (AvgIpc) is 2.50. The fraction of sp³-hybridized carbons (Fsp3) is 0.200. The molecule has 1 aromatic heterocycles. The molecule has 0 radical (unpaired) electrons. The molecule has 1 aromatic carbocycles. The van der Waals surface area contributed by atoms with E-state index < -0.39 is 34.7 Å². The van der Waals surface area contributed by atoms with Crippen LogP contribution < -0.4 is 10.9 Å². The van der Waals surface area contributed by atoms with Crippen molar-refractivity contribution in [3.8, 4) is 0 Å². The number of carbonyl (C=O) groups excluding carboxylic acids is 1. The summed E-state index contributed by atoms with van der Waals surface area (Å²) in [5.41, 5.74) is -2.05. The lowest BCUT2D eigenvalue weighted by atomic mass is 10.2. The molecular formula is C15H12F3N3O4. The second-order valence-electron chi connectivity index (χ2n) is 5.11. The first-order valence-electron chi connectivity index (χ1n) is 6.91. The largest absolute Gasteiger partial charge is 0.416 e. The normalized spacial score (nSPS) is 11.2. The predicted molar refractivity (Wildman–Crippen MR) is 82.2 cm³/mol. The van der Waals surface area contributed by atoms with Crippen molar-refractivity contribution in [3.63, 3.8) is 0 Å². The molecule has 0 fully saturated rings. The zero-order valence-corrected chi connectivity index (χ0v) is 12.8. The van der Waals surface area contributed by atoms with Crippen LogP contribution in [0.5, 0.6) is 0 Å². The van der Waals surface area contributed by atoms with Gasteiger partial charge in [0.1, 0.15) is 6.54 Å². The van der Waals surface area contributed by atoms with E-state index in [0.717, 1.165) is 34.9 Å². The highest BCUT2D eigenvalue weighted by Gasteiger charge is 2.30. The molecule has 1 heterocycles. The maximum absolute atomic E-state index is 12.7. The molecule has 132 valence electrons. The van der Waals surface area contributed by atoms with E-state index in [2.05, 4.69) is 5.32 Å². The first-order chi connectivity index (χ1) is 11.6. The molecule has 0 saturated carbocycles. The molecule has 7 nitrogen and oxygen atoms in total. The standard InChI is InChI=1S/C15H12F3N3O4/c1-9-12(21(24)25)5-6-14(23)20(9)8-13(22)19-11-4-2-3-10(7-11)15(16,17)18/h2-7H,8H2,1H3,(H,19,22). The van der Waals surface area contributed by atoms with E-state index in [4.69, 9.17) is 0 Å². The summed E-state index contributed by atoms with van der Waals surface area (Å²) in [6, 6.07) is 5.97. The number of amides is 1. The monoisotopic (exact) mass is 355 g/mol. The molecule has 0 aliphatic heterocycles. The summed E-state index contributed by atoms with van der Waals surface area (Å²) in [5, 5.41) is 13.1. The molecule has 0 bridgehead atoms. The van der Waals surface area contributed by atoms with E-state index >= 15 is 0 Å². The van der Waals surface area contributed by atoms with E-state index in [-0.39, 0.29) is 17.1 Å². The van der Waals surface area contributed by atoms with Crippen molar-refractivity contribution in [2.75, 3.05) is 5.32 Å². The fourth-order valence-corrected chi connectivity index (χ4v) is 2.17. The fourth-order valence-electron chi connectivity index (χ4n) is 2.17. The molecule has 0 aliphatic carbocycles. The summed E-state index contributed by atoms with van der Waals surface area (Å²) in [4.78, 5) is 34.0. The van der Waals surface area contributed by atoms with E-state index in [1.807, 2.05) is 0 Å². The number of rotatable bonds is 4. The number of hydrogen-bond acceptors (Lipinski definition) is 4. The number of anilines is 1. The van der Waals surface area contributed by atoms with Crippen LogP contribution in [0.25, 0.3) is 0 Å². The molecule has 1 amide bonds. The molecule has 0 aliphatic rings. The van der Waals surface area contributed by atoms with Crippen molar-refractivity contribution >= 4 is 17.3 Å². The van der Waals surface area contributed by atoms with Gasteiger partial charge in [0.05, 0.1) is 16.2 Å². The van der Waals surface area contributed by atoms with Crippen molar-refractivity contribution in [1.82, 2.24) is 4.57 Å². The Bertz CT molecular complexity index is 890. The van der Waals surface area contributed by atoms with Gasteiger partial charge in [0.15, 0.2) is 0 Å². The van der Waals surface area contributed by atoms with Crippen LogP contribution in [0.3, 0.4) is 0 Å². The molecule has 2 aromatic rings. The summed E-state index contributed by atoms with van der Waals surface area (Å²) < 4.78 is 38.8. The zero-order valence-electron chi connectivity index (χ0n) is 12.8. The van der Waals surface area contributed by atoms with E-state index in [1.165, 1.54) is 13.0 Å². The smallest absolute Gasteiger partial charge is 0.325 e. The minimum Gasteiger partial charge on any atom is -0.325 e. The number of halogens is 3. The second kappa shape index (κ2) is 6.75. The lowest BCUT2D eigenvalue weighted by molar-refractivity contribution is -0.386. The van der Waals surface area contributed by atoms with Crippen molar-refractivity contribution in [3.05, 3.63) is 68.1 Å². The Morgan fingerprint density at radius 3 is 2.56 bits per heavy atom. The van der Waals surface area contributed by atoms with Gasteiger partial charge in [0.25, 0.3) is 11.2 Å². The molecule has 10 heteroatoms. The molecular weight excluding hydrogens is 343 g/mol. The highest BCUT2D eigenvalue weighted by atomic mass is 19.4. The average molecular weight is 355 g/mol. The summed E-state index contributed by atoms with van der Waals surface area (Å²) in [6.45, 7) is 0.736. The Morgan fingerprint density at radius 1 is 1.28 bits per heavy atom. The van der Waals surface area contributed by atoms with Gasteiger partial charge in [-0.05, 0) is 25.1 Å². The van der Waals surface area contributed by atoms with Crippen LogP contribution in [0.15, 0.2) is 41.2 Å². The number of nitrogens with one attached hydrogen (secondary N) is 1. The molecule has 0 spiro atoms. The highest BCUT2D eigenvalue weighted by molar-refractivity contribution is 5.90. The van der Waals surface area contributed by atoms with Crippen LogP contribution in [-0.2, 0) is 17.5 Å². The number of benzene rings is 1. The molecule has 0 unspecified atom stereocenters. The van der Waals surface area contributed by atoms with Crippen molar-refractivity contribution < 1.29 is 22.9 Å². The van der Waals surface area contributed by atoms with E-state index in [9.17, 15) is 32.9 Å².